The van der Waals surface area contributed by atoms with Gasteiger partial charge in [-0.15, -0.1) is 0 Å². The first kappa shape index (κ1) is 18.7. The van der Waals surface area contributed by atoms with Gasteiger partial charge in [0.25, 0.3) is 0 Å². The minimum absolute atomic E-state index is 0.0516. The summed E-state index contributed by atoms with van der Waals surface area (Å²) in [6, 6.07) is 12.6. The van der Waals surface area contributed by atoms with Crippen LogP contribution in [0.15, 0.2) is 42.5 Å². The second-order valence-electron chi connectivity index (χ2n) is 6.58. The van der Waals surface area contributed by atoms with E-state index in [0.29, 0.717) is 6.54 Å². The maximum Gasteiger partial charge on any atom is 0.217 e. The summed E-state index contributed by atoms with van der Waals surface area (Å²) in [6.07, 6.45) is 0. The Morgan fingerprint density at radius 2 is 1.81 bits per heavy atom. The molecule has 138 valence electrons. The first-order valence-corrected chi connectivity index (χ1v) is 9.13. The molecule has 26 heavy (non-hydrogen) atoms. The van der Waals surface area contributed by atoms with Crippen LogP contribution in [0.3, 0.4) is 0 Å². The maximum absolute atomic E-state index is 13.1. The monoisotopic (exact) mass is 375 g/mol. The number of nitrogens with zero attached hydrogens (tertiary/aromatic N) is 2. The Bertz CT molecular complexity index is 758. The van der Waals surface area contributed by atoms with Crippen molar-refractivity contribution in [3.05, 3.63) is 64.4 Å². The molecule has 0 unspecified atom stereocenters. The molecular formula is C20H23ClFN3O. The molecule has 0 aromatic heterocycles. The number of benzene rings is 2. The lowest BCUT2D eigenvalue weighted by Crippen LogP contribution is -2.46. The van der Waals surface area contributed by atoms with Gasteiger partial charge in [-0.1, -0.05) is 23.7 Å². The Labute approximate surface area is 158 Å². The van der Waals surface area contributed by atoms with Crippen LogP contribution >= 0.6 is 11.6 Å². The highest BCUT2D eigenvalue weighted by atomic mass is 35.5. The van der Waals surface area contributed by atoms with Gasteiger partial charge in [-0.05, 0) is 41.5 Å². The smallest absolute Gasteiger partial charge is 0.217 e. The van der Waals surface area contributed by atoms with Crippen LogP contribution in [0.5, 0.6) is 0 Å². The number of carbonyl (C=O) groups is 1. The van der Waals surface area contributed by atoms with E-state index < -0.39 is 0 Å². The van der Waals surface area contributed by atoms with Crippen molar-refractivity contribution in [3.8, 4) is 0 Å². The zero-order valence-electron chi connectivity index (χ0n) is 14.8. The third-order valence-corrected chi connectivity index (χ3v) is 4.97. The number of rotatable bonds is 5. The van der Waals surface area contributed by atoms with Gasteiger partial charge in [-0.25, -0.2) is 4.39 Å². The number of halogens is 2. The van der Waals surface area contributed by atoms with Gasteiger partial charge < -0.3 is 10.2 Å². The highest BCUT2D eigenvalue weighted by Crippen LogP contribution is 2.22. The summed E-state index contributed by atoms with van der Waals surface area (Å²) in [5, 5.41) is 3.51. The number of hydrogen-bond donors (Lipinski definition) is 1. The van der Waals surface area contributed by atoms with Crippen molar-refractivity contribution in [1.82, 2.24) is 10.2 Å². The molecule has 6 heteroatoms. The molecule has 3 rings (SSSR count). The van der Waals surface area contributed by atoms with Crippen molar-refractivity contribution in [2.45, 2.75) is 20.0 Å². The van der Waals surface area contributed by atoms with Gasteiger partial charge in [0, 0.05) is 56.9 Å². The third kappa shape index (κ3) is 4.96. The van der Waals surface area contributed by atoms with Crippen molar-refractivity contribution in [1.29, 1.82) is 0 Å². The van der Waals surface area contributed by atoms with Gasteiger partial charge in [0.15, 0.2) is 0 Å². The van der Waals surface area contributed by atoms with Crippen LogP contribution in [0.25, 0.3) is 0 Å². The van der Waals surface area contributed by atoms with E-state index in [9.17, 15) is 9.18 Å². The van der Waals surface area contributed by atoms with E-state index in [1.165, 1.54) is 19.1 Å². The molecule has 1 fully saturated rings. The van der Waals surface area contributed by atoms with Crippen molar-refractivity contribution >= 4 is 23.2 Å². The van der Waals surface area contributed by atoms with E-state index in [2.05, 4.69) is 15.1 Å². The van der Waals surface area contributed by atoms with Crippen LogP contribution in [0, 0.1) is 5.82 Å². The van der Waals surface area contributed by atoms with Gasteiger partial charge in [0.05, 0.1) is 0 Å². The van der Waals surface area contributed by atoms with Crippen molar-refractivity contribution in [2.24, 2.45) is 0 Å². The lowest BCUT2D eigenvalue weighted by atomic mass is 10.1. The fraction of sp³-hybridized carbons (Fsp3) is 0.350. The highest BCUT2D eigenvalue weighted by molar-refractivity contribution is 6.31. The summed E-state index contributed by atoms with van der Waals surface area (Å²) in [5.74, 6) is -0.256. The maximum atomic E-state index is 13.1. The minimum atomic E-state index is -0.205. The third-order valence-electron chi connectivity index (χ3n) is 4.62. The van der Waals surface area contributed by atoms with Crippen LogP contribution < -0.4 is 10.2 Å². The fourth-order valence-electron chi connectivity index (χ4n) is 3.11. The second-order valence-corrected chi connectivity index (χ2v) is 6.98. The molecule has 0 atom stereocenters. The van der Waals surface area contributed by atoms with Crippen LogP contribution in [0.4, 0.5) is 10.1 Å². The van der Waals surface area contributed by atoms with Crippen LogP contribution in [0.2, 0.25) is 5.02 Å². The Morgan fingerprint density at radius 3 is 2.42 bits per heavy atom. The van der Waals surface area contributed by atoms with E-state index in [1.54, 1.807) is 0 Å². The lowest BCUT2D eigenvalue weighted by Gasteiger charge is -2.36. The lowest BCUT2D eigenvalue weighted by molar-refractivity contribution is -0.119. The molecule has 1 N–H and O–H groups in total. The molecule has 0 aliphatic carbocycles. The van der Waals surface area contributed by atoms with Gasteiger partial charge in [0.1, 0.15) is 5.82 Å². The number of hydrogen-bond acceptors (Lipinski definition) is 3. The molecule has 0 saturated carbocycles. The van der Waals surface area contributed by atoms with Gasteiger partial charge in [0.2, 0.25) is 5.91 Å². The minimum Gasteiger partial charge on any atom is -0.369 e. The molecule has 1 heterocycles. The van der Waals surface area contributed by atoms with E-state index in [0.717, 1.165) is 54.6 Å². The summed E-state index contributed by atoms with van der Waals surface area (Å²) in [6.45, 7) is 6.47. The molecule has 1 aliphatic rings. The molecule has 1 amide bonds. The molecule has 1 saturated heterocycles. The Hall–Kier alpha value is -2.11. The van der Waals surface area contributed by atoms with Gasteiger partial charge in [-0.2, -0.15) is 0 Å². The number of amides is 1. The van der Waals surface area contributed by atoms with Gasteiger partial charge >= 0.3 is 0 Å². The molecule has 0 radical (unpaired) electrons. The summed E-state index contributed by atoms with van der Waals surface area (Å²) in [4.78, 5) is 15.6. The van der Waals surface area contributed by atoms with E-state index in [1.807, 2.05) is 30.3 Å². The molecule has 2 aromatic carbocycles. The fourth-order valence-corrected chi connectivity index (χ4v) is 3.38. The summed E-state index contributed by atoms with van der Waals surface area (Å²) < 4.78 is 13.1. The summed E-state index contributed by atoms with van der Waals surface area (Å²) in [5.41, 5.74) is 3.15. The summed E-state index contributed by atoms with van der Waals surface area (Å²) in [7, 11) is 0. The molecule has 2 aromatic rings. The van der Waals surface area contributed by atoms with Gasteiger partial charge in [-0.3, -0.25) is 9.69 Å². The number of piperazine rings is 1. The van der Waals surface area contributed by atoms with Crippen molar-refractivity contribution < 1.29 is 9.18 Å². The van der Waals surface area contributed by atoms with E-state index in [4.69, 9.17) is 11.6 Å². The Kier molecular flexibility index (Phi) is 6.12. The molecule has 1 aliphatic heterocycles. The van der Waals surface area contributed by atoms with Crippen LogP contribution in [0.1, 0.15) is 18.1 Å². The topological polar surface area (TPSA) is 35.6 Å². The number of nitrogens with one attached hydrogen (secondary N) is 1. The zero-order chi connectivity index (χ0) is 18.5. The van der Waals surface area contributed by atoms with Crippen LogP contribution in [-0.2, 0) is 17.9 Å². The molecule has 4 nitrogen and oxygen atoms in total. The number of carbonyl (C=O) groups excluding carboxylic acids is 1. The van der Waals surface area contributed by atoms with Crippen LogP contribution in [-0.4, -0.2) is 37.0 Å². The molecular weight excluding hydrogens is 353 g/mol. The Balaban J connectivity index is 1.54. The second kappa shape index (κ2) is 8.52. The largest absolute Gasteiger partial charge is 0.369 e. The average Bonchev–Trinajstić information content (AvgIpc) is 2.63. The zero-order valence-corrected chi connectivity index (χ0v) is 15.6. The Morgan fingerprint density at radius 1 is 1.12 bits per heavy atom. The predicted molar refractivity (Wildman–Crippen MR) is 103 cm³/mol. The molecule has 0 spiro atoms. The predicted octanol–water partition coefficient (Wildman–Crippen LogP) is 3.44. The summed E-state index contributed by atoms with van der Waals surface area (Å²) >= 11 is 6.42. The van der Waals surface area contributed by atoms with Crippen molar-refractivity contribution in [2.75, 3.05) is 31.1 Å². The number of anilines is 1. The van der Waals surface area contributed by atoms with Crippen molar-refractivity contribution in [3.63, 3.8) is 0 Å². The molecule has 0 bridgehead atoms. The van der Waals surface area contributed by atoms with E-state index >= 15 is 0 Å². The first-order valence-electron chi connectivity index (χ1n) is 8.76. The SMILES string of the molecule is CC(=O)NCc1ccc(CN2CCN(c3ccc(F)cc3)CC2)c(Cl)c1. The average molecular weight is 376 g/mol. The van der Waals surface area contributed by atoms with E-state index in [-0.39, 0.29) is 11.7 Å². The highest BCUT2D eigenvalue weighted by Gasteiger charge is 2.18. The quantitative estimate of drug-likeness (QED) is 0.869. The normalized spacial score (nSPS) is 15.1. The standard InChI is InChI=1S/C20H23ClFN3O/c1-15(26)23-13-16-2-3-17(20(21)12-16)14-24-8-10-25(11-9-24)19-6-4-18(22)5-7-19/h2-7,12H,8-11,13-14H2,1H3,(H,23,26). The first-order chi connectivity index (χ1) is 12.5.